The Labute approximate surface area is 105 Å². The van der Waals surface area contributed by atoms with Gasteiger partial charge in [0.25, 0.3) is 0 Å². The highest BCUT2D eigenvalue weighted by Gasteiger charge is 2.16. The van der Waals surface area contributed by atoms with Crippen LogP contribution < -0.4 is 10.6 Å². The fourth-order valence-electron chi connectivity index (χ4n) is 2.09. The summed E-state index contributed by atoms with van der Waals surface area (Å²) in [5, 5.41) is 5.93. The minimum Gasteiger partial charge on any atom is -0.354 e. The predicted octanol–water partition coefficient (Wildman–Crippen LogP) is 1.38. The normalized spacial score (nSPS) is 18.9. The molecule has 0 saturated carbocycles. The second-order valence-electron chi connectivity index (χ2n) is 4.47. The van der Waals surface area contributed by atoms with Gasteiger partial charge >= 0.3 is 0 Å². The molecule has 0 bridgehead atoms. The summed E-state index contributed by atoms with van der Waals surface area (Å²) in [7, 11) is 0. The van der Waals surface area contributed by atoms with E-state index in [0.717, 1.165) is 31.5 Å². The Morgan fingerprint density at radius 2 is 2.11 bits per heavy atom. The van der Waals surface area contributed by atoms with E-state index in [1.807, 2.05) is 0 Å². The van der Waals surface area contributed by atoms with Crippen LogP contribution >= 0.6 is 0 Å². The van der Waals surface area contributed by atoms with E-state index in [1.54, 1.807) is 0 Å². The van der Waals surface area contributed by atoms with Crippen LogP contribution in [0.1, 0.15) is 18.4 Å². The summed E-state index contributed by atoms with van der Waals surface area (Å²) in [6.45, 7) is 1.47. The molecule has 1 aliphatic heterocycles. The van der Waals surface area contributed by atoms with E-state index in [2.05, 4.69) is 10.6 Å². The number of amides is 1. The monoisotopic (exact) mass is 254 g/mol. The minimum absolute atomic E-state index is 0.172. The highest BCUT2D eigenvalue weighted by atomic mass is 19.1. The largest absolute Gasteiger partial charge is 0.354 e. The van der Waals surface area contributed by atoms with Crippen LogP contribution in [-0.4, -0.2) is 25.0 Å². The van der Waals surface area contributed by atoms with Gasteiger partial charge in [-0.15, -0.1) is 0 Å². The Morgan fingerprint density at radius 1 is 1.39 bits per heavy atom. The summed E-state index contributed by atoms with van der Waals surface area (Å²) < 4.78 is 26.6. The molecule has 2 N–H and O–H groups in total. The first-order valence-corrected chi connectivity index (χ1v) is 6.10. The maximum absolute atomic E-state index is 13.3. The van der Waals surface area contributed by atoms with Crippen LogP contribution in [0.2, 0.25) is 0 Å². The summed E-state index contributed by atoms with van der Waals surface area (Å²) in [6.07, 6.45) is 1.86. The van der Waals surface area contributed by atoms with Gasteiger partial charge in [0.15, 0.2) is 0 Å². The Bertz CT molecular complexity index is 411. The number of hydrogen-bond donors (Lipinski definition) is 2. The molecule has 1 saturated heterocycles. The Kier molecular flexibility index (Phi) is 4.25. The van der Waals surface area contributed by atoms with E-state index >= 15 is 0 Å². The van der Waals surface area contributed by atoms with Crippen LogP contribution in [-0.2, 0) is 11.2 Å². The van der Waals surface area contributed by atoms with Gasteiger partial charge in [0, 0.05) is 18.2 Å². The molecule has 2 rings (SSSR count). The van der Waals surface area contributed by atoms with Gasteiger partial charge in [0.1, 0.15) is 11.6 Å². The zero-order valence-corrected chi connectivity index (χ0v) is 10.0. The quantitative estimate of drug-likeness (QED) is 0.852. The van der Waals surface area contributed by atoms with Gasteiger partial charge in [-0.1, -0.05) is 6.07 Å². The molecule has 3 nitrogen and oxygen atoms in total. The molecule has 0 radical (unpaired) electrons. The lowest BCUT2D eigenvalue weighted by Gasteiger charge is -2.11. The molecule has 18 heavy (non-hydrogen) atoms. The van der Waals surface area contributed by atoms with Crippen molar-refractivity contribution >= 4 is 5.91 Å². The van der Waals surface area contributed by atoms with Crippen LogP contribution in [0.15, 0.2) is 18.2 Å². The molecule has 1 aromatic carbocycles. The third kappa shape index (κ3) is 3.26. The van der Waals surface area contributed by atoms with Crippen molar-refractivity contribution in [3.8, 4) is 0 Å². The molecule has 1 amide bonds. The highest BCUT2D eigenvalue weighted by molar-refractivity contribution is 5.78. The van der Waals surface area contributed by atoms with Gasteiger partial charge in [-0.25, -0.2) is 8.78 Å². The zero-order valence-electron chi connectivity index (χ0n) is 10.0. The van der Waals surface area contributed by atoms with Crippen LogP contribution in [0.25, 0.3) is 0 Å². The van der Waals surface area contributed by atoms with Crippen LogP contribution in [0.5, 0.6) is 0 Å². The second-order valence-corrected chi connectivity index (χ2v) is 4.47. The van der Waals surface area contributed by atoms with Crippen molar-refractivity contribution in [2.24, 2.45) is 0 Å². The Hall–Kier alpha value is -1.49. The standard InChI is InChI=1S/C13H16F2N2O/c14-11-4-1-5-12(15)10(11)7-13(18)17-8-9-3-2-6-16-9/h1,4-5,9,16H,2-3,6-8H2,(H,17,18). The van der Waals surface area contributed by atoms with E-state index in [-0.39, 0.29) is 23.9 Å². The molecule has 0 spiro atoms. The molecule has 98 valence electrons. The van der Waals surface area contributed by atoms with Crippen molar-refractivity contribution in [3.63, 3.8) is 0 Å². The lowest BCUT2D eigenvalue weighted by atomic mass is 10.1. The molecule has 5 heteroatoms. The van der Waals surface area contributed by atoms with Gasteiger partial charge in [0.05, 0.1) is 6.42 Å². The summed E-state index contributed by atoms with van der Waals surface area (Å²) in [5.41, 5.74) is -0.172. The Balaban J connectivity index is 1.86. The molecular weight excluding hydrogens is 238 g/mol. The van der Waals surface area contributed by atoms with Gasteiger partial charge in [-0.05, 0) is 31.5 Å². The summed E-state index contributed by atoms with van der Waals surface area (Å²) in [5.74, 6) is -1.71. The van der Waals surface area contributed by atoms with E-state index in [9.17, 15) is 13.6 Å². The van der Waals surface area contributed by atoms with Gasteiger partial charge in [0.2, 0.25) is 5.91 Å². The first-order valence-electron chi connectivity index (χ1n) is 6.10. The average Bonchev–Trinajstić information content (AvgIpc) is 2.84. The topological polar surface area (TPSA) is 41.1 Å². The number of halogens is 2. The molecule has 0 aromatic heterocycles. The zero-order chi connectivity index (χ0) is 13.0. The number of nitrogens with one attached hydrogen (secondary N) is 2. The van der Waals surface area contributed by atoms with Crippen molar-refractivity contribution in [2.45, 2.75) is 25.3 Å². The first kappa shape index (κ1) is 13.0. The first-order chi connectivity index (χ1) is 8.66. The van der Waals surface area contributed by atoms with Crippen LogP contribution in [0.3, 0.4) is 0 Å². The van der Waals surface area contributed by atoms with Gasteiger partial charge < -0.3 is 10.6 Å². The van der Waals surface area contributed by atoms with E-state index in [1.165, 1.54) is 6.07 Å². The number of benzene rings is 1. The fraction of sp³-hybridized carbons (Fsp3) is 0.462. The third-order valence-electron chi connectivity index (χ3n) is 3.11. The van der Waals surface area contributed by atoms with Crippen molar-refractivity contribution in [2.75, 3.05) is 13.1 Å². The second kappa shape index (κ2) is 5.91. The number of rotatable bonds is 4. The van der Waals surface area contributed by atoms with Crippen LogP contribution in [0, 0.1) is 11.6 Å². The van der Waals surface area contributed by atoms with Crippen molar-refractivity contribution in [1.29, 1.82) is 0 Å². The molecule has 1 unspecified atom stereocenters. The van der Waals surface area contributed by atoms with Gasteiger partial charge in [-0.2, -0.15) is 0 Å². The smallest absolute Gasteiger partial charge is 0.224 e. The lowest BCUT2D eigenvalue weighted by Crippen LogP contribution is -2.38. The summed E-state index contributed by atoms with van der Waals surface area (Å²) in [4.78, 5) is 11.6. The summed E-state index contributed by atoms with van der Waals surface area (Å²) >= 11 is 0. The fourth-order valence-corrected chi connectivity index (χ4v) is 2.09. The molecule has 1 heterocycles. The number of carbonyl (C=O) groups excluding carboxylic acids is 1. The maximum Gasteiger partial charge on any atom is 0.224 e. The predicted molar refractivity (Wildman–Crippen MR) is 64.1 cm³/mol. The molecule has 1 aliphatic rings. The van der Waals surface area contributed by atoms with E-state index in [0.29, 0.717) is 6.54 Å². The van der Waals surface area contributed by atoms with E-state index in [4.69, 9.17) is 0 Å². The minimum atomic E-state index is -0.677. The highest BCUT2D eigenvalue weighted by Crippen LogP contribution is 2.12. The lowest BCUT2D eigenvalue weighted by molar-refractivity contribution is -0.120. The van der Waals surface area contributed by atoms with Crippen molar-refractivity contribution in [3.05, 3.63) is 35.4 Å². The average molecular weight is 254 g/mol. The number of hydrogen-bond acceptors (Lipinski definition) is 2. The maximum atomic E-state index is 13.3. The third-order valence-corrected chi connectivity index (χ3v) is 3.11. The molecule has 1 aromatic rings. The van der Waals surface area contributed by atoms with Crippen molar-refractivity contribution < 1.29 is 13.6 Å². The molecule has 0 aliphatic carbocycles. The Morgan fingerprint density at radius 3 is 2.72 bits per heavy atom. The molecular formula is C13H16F2N2O. The van der Waals surface area contributed by atoms with Crippen LogP contribution in [0.4, 0.5) is 8.78 Å². The SMILES string of the molecule is O=C(Cc1c(F)cccc1F)NCC1CCCN1. The van der Waals surface area contributed by atoms with Gasteiger partial charge in [-0.3, -0.25) is 4.79 Å². The molecule has 1 fully saturated rings. The number of carbonyl (C=O) groups is 1. The van der Waals surface area contributed by atoms with E-state index < -0.39 is 11.6 Å². The molecule has 1 atom stereocenters. The van der Waals surface area contributed by atoms with Crippen molar-refractivity contribution in [1.82, 2.24) is 10.6 Å². The summed E-state index contributed by atoms with van der Waals surface area (Å²) in [6, 6.07) is 3.88.